The van der Waals surface area contributed by atoms with Crippen molar-refractivity contribution in [1.82, 2.24) is 24.5 Å². The number of hydrogen-bond acceptors (Lipinski definition) is 7. The third-order valence-corrected chi connectivity index (χ3v) is 6.08. The van der Waals surface area contributed by atoms with Crippen LogP contribution in [0, 0.1) is 20.8 Å². The highest BCUT2D eigenvalue weighted by atomic mass is 35.5. The maximum atomic E-state index is 13.4. The molecule has 0 amide bonds. The fraction of sp³-hybridized carbons (Fsp3) is 0.296. The Morgan fingerprint density at radius 1 is 1.03 bits per heavy atom. The summed E-state index contributed by atoms with van der Waals surface area (Å²) < 4.78 is 12.6. The standard InChI is InChI=1S/C27H28ClN5O3/c1-15(2)26-30-13-17(4)25(32-26)20-11-21(16(3)12-29-20)33-18(5)10-22(24(28)27(33)34)36-14-19-8-7-9-23(31-19)35-6/h7-13,15H,14H2,1-6H3. The molecule has 0 aliphatic carbocycles. The second-order valence-electron chi connectivity index (χ2n) is 8.84. The third-order valence-electron chi connectivity index (χ3n) is 5.73. The van der Waals surface area contributed by atoms with Crippen LogP contribution in [0.1, 0.15) is 48.1 Å². The van der Waals surface area contributed by atoms with Gasteiger partial charge in [-0.15, -0.1) is 0 Å². The van der Waals surface area contributed by atoms with E-state index < -0.39 is 0 Å². The maximum Gasteiger partial charge on any atom is 0.277 e. The fourth-order valence-corrected chi connectivity index (χ4v) is 3.96. The van der Waals surface area contributed by atoms with Crippen molar-refractivity contribution >= 4 is 11.6 Å². The van der Waals surface area contributed by atoms with Gasteiger partial charge in [0, 0.05) is 36.1 Å². The fourth-order valence-electron chi connectivity index (χ4n) is 3.77. The average molecular weight is 506 g/mol. The summed E-state index contributed by atoms with van der Waals surface area (Å²) in [6.07, 6.45) is 3.54. The Hall–Kier alpha value is -3.78. The number of aromatic nitrogens is 5. The SMILES string of the molecule is COc1cccc(COc2cc(C)n(-c3cc(-c4nc(C(C)C)ncc4C)ncc3C)c(=O)c2Cl)n1. The number of rotatable bonds is 7. The van der Waals surface area contributed by atoms with Gasteiger partial charge in [0.05, 0.1) is 29.9 Å². The van der Waals surface area contributed by atoms with Crippen molar-refractivity contribution in [3.05, 3.63) is 86.4 Å². The molecule has 4 aromatic heterocycles. The van der Waals surface area contributed by atoms with Gasteiger partial charge >= 0.3 is 0 Å². The second-order valence-corrected chi connectivity index (χ2v) is 9.21. The third kappa shape index (κ3) is 5.09. The molecule has 0 saturated carbocycles. The zero-order valence-electron chi connectivity index (χ0n) is 21.2. The van der Waals surface area contributed by atoms with Crippen LogP contribution in [-0.4, -0.2) is 31.6 Å². The normalized spacial score (nSPS) is 11.1. The molecule has 0 unspecified atom stereocenters. The zero-order chi connectivity index (χ0) is 26.0. The van der Waals surface area contributed by atoms with Crippen molar-refractivity contribution in [1.29, 1.82) is 0 Å². The minimum atomic E-state index is -0.382. The molecule has 0 N–H and O–H groups in total. The van der Waals surface area contributed by atoms with Crippen LogP contribution >= 0.6 is 11.6 Å². The van der Waals surface area contributed by atoms with E-state index in [4.69, 9.17) is 26.1 Å². The molecular formula is C27H28ClN5O3. The summed E-state index contributed by atoms with van der Waals surface area (Å²) in [5.74, 6) is 1.69. The van der Waals surface area contributed by atoms with Crippen LogP contribution in [0.15, 0.2) is 47.5 Å². The highest BCUT2D eigenvalue weighted by Gasteiger charge is 2.18. The minimum Gasteiger partial charge on any atom is -0.485 e. The Balaban J connectivity index is 1.73. The minimum absolute atomic E-state index is 0.0124. The van der Waals surface area contributed by atoms with E-state index in [-0.39, 0.29) is 23.1 Å². The summed E-state index contributed by atoms with van der Waals surface area (Å²) in [6.45, 7) is 9.90. The van der Waals surface area contributed by atoms with E-state index in [0.29, 0.717) is 34.4 Å². The number of ether oxygens (including phenoxy) is 2. The summed E-state index contributed by atoms with van der Waals surface area (Å²) >= 11 is 6.50. The quantitative estimate of drug-likeness (QED) is 0.333. The molecule has 36 heavy (non-hydrogen) atoms. The predicted octanol–water partition coefficient (Wildman–Crippen LogP) is 5.37. The molecule has 186 valence electrons. The first-order valence-electron chi connectivity index (χ1n) is 11.6. The summed E-state index contributed by atoms with van der Waals surface area (Å²) in [5, 5.41) is -0.0124. The molecule has 0 atom stereocenters. The summed E-state index contributed by atoms with van der Waals surface area (Å²) in [5.41, 5.74) is 4.73. The van der Waals surface area contributed by atoms with E-state index in [0.717, 1.165) is 22.6 Å². The van der Waals surface area contributed by atoms with Crippen molar-refractivity contribution in [2.45, 2.75) is 47.1 Å². The van der Waals surface area contributed by atoms with Gasteiger partial charge in [-0.2, -0.15) is 0 Å². The van der Waals surface area contributed by atoms with Crippen molar-refractivity contribution in [3.63, 3.8) is 0 Å². The Labute approximate surface area is 215 Å². The first-order chi connectivity index (χ1) is 17.2. The van der Waals surface area contributed by atoms with Crippen LogP contribution in [0.5, 0.6) is 11.6 Å². The van der Waals surface area contributed by atoms with Crippen LogP contribution in [-0.2, 0) is 6.61 Å². The second kappa shape index (κ2) is 10.5. The van der Waals surface area contributed by atoms with E-state index in [9.17, 15) is 4.79 Å². The van der Waals surface area contributed by atoms with Crippen LogP contribution in [0.3, 0.4) is 0 Å². The average Bonchev–Trinajstić information content (AvgIpc) is 2.87. The van der Waals surface area contributed by atoms with Gasteiger partial charge in [-0.1, -0.05) is 31.5 Å². The summed E-state index contributed by atoms with van der Waals surface area (Å²) in [4.78, 5) is 31.5. The maximum absolute atomic E-state index is 13.4. The van der Waals surface area contributed by atoms with Gasteiger partial charge in [0.15, 0.2) is 0 Å². The molecule has 0 aliphatic rings. The molecular weight excluding hydrogens is 478 g/mol. The van der Waals surface area contributed by atoms with Crippen LogP contribution in [0.2, 0.25) is 5.02 Å². The largest absolute Gasteiger partial charge is 0.485 e. The Bertz CT molecular complexity index is 1480. The number of aryl methyl sites for hydroxylation is 3. The first-order valence-corrected chi connectivity index (χ1v) is 11.9. The van der Waals surface area contributed by atoms with Gasteiger partial charge in [-0.3, -0.25) is 14.3 Å². The van der Waals surface area contributed by atoms with E-state index in [1.165, 1.54) is 0 Å². The van der Waals surface area contributed by atoms with Crippen molar-refractivity contribution in [3.8, 4) is 28.7 Å². The molecule has 0 aliphatic heterocycles. The monoisotopic (exact) mass is 505 g/mol. The number of methoxy groups -OCH3 is 1. The lowest BCUT2D eigenvalue weighted by atomic mass is 10.1. The molecule has 0 saturated heterocycles. The molecule has 4 rings (SSSR count). The molecule has 4 heterocycles. The van der Waals surface area contributed by atoms with Gasteiger partial charge in [0.25, 0.3) is 5.56 Å². The van der Waals surface area contributed by atoms with Crippen LogP contribution in [0.4, 0.5) is 0 Å². The summed E-state index contributed by atoms with van der Waals surface area (Å²) in [6, 6.07) is 8.99. The van der Waals surface area contributed by atoms with Gasteiger partial charge in [0.1, 0.15) is 23.2 Å². The molecule has 0 aromatic carbocycles. The van der Waals surface area contributed by atoms with Crippen LogP contribution in [0.25, 0.3) is 17.1 Å². The highest BCUT2D eigenvalue weighted by molar-refractivity contribution is 6.31. The van der Waals surface area contributed by atoms with Gasteiger partial charge in [-0.25, -0.2) is 15.0 Å². The zero-order valence-corrected chi connectivity index (χ0v) is 21.9. The Morgan fingerprint density at radius 2 is 1.78 bits per heavy atom. The lowest BCUT2D eigenvalue weighted by Crippen LogP contribution is -2.23. The number of halogens is 1. The van der Waals surface area contributed by atoms with Crippen molar-refractivity contribution < 1.29 is 9.47 Å². The Morgan fingerprint density at radius 3 is 2.50 bits per heavy atom. The molecule has 4 aromatic rings. The lowest BCUT2D eigenvalue weighted by molar-refractivity contribution is 0.297. The number of hydrogen-bond donors (Lipinski definition) is 0. The van der Waals surface area contributed by atoms with Crippen LogP contribution < -0.4 is 15.0 Å². The molecule has 0 radical (unpaired) electrons. The van der Waals surface area contributed by atoms with Gasteiger partial charge < -0.3 is 9.47 Å². The topological polar surface area (TPSA) is 92.0 Å². The number of pyridine rings is 3. The molecule has 0 bridgehead atoms. The van der Waals surface area contributed by atoms with E-state index in [2.05, 4.69) is 15.0 Å². The van der Waals surface area contributed by atoms with E-state index in [1.807, 2.05) is 52.8 Å². The lowest BCUT2D eigenvalue weighted by Gasteiger charge is -2.17. The van der Waals surface area contributed by atoms with E-state index >= 15 is 0 Å². The molecule has 8 nitrogen and oxygen atoms in total. The molecule has 0 fully saturated rings. The van der Waals surface area contributed by atoms with Crippen molar-refractivity contribution in [2.24, 2.45) is 0 Å². The summed E-state index contributed by atoms with van der Waals surface area (Å²) in [7, 11) is 1.55. The first kappa shape index (κ1) is 25.3. The van der Waals surface area contributed by atoms with E-state index in [1.54, 1.807) is 36.2 Å². The Kier molecular flexibility index (Phi) is 7.35. The van der Waals surface area contributed by atoms with Crippen molar-refractivity contribution in [2.75, 3.05) is 7.11 Å². The highest BCUT2D eigenvalue weighted by Crippen LogP contribution is 2.28. The van der Waals surface area contributed by atoms with Gasteiger partial charge in [-0.05, 0) is 44.0 Å². The molecule has 0 spiro atoms. The van der Waals surface area contributed by atoms with Gasteiger partial charge in [0.2, 0.25) is 5.88 Å². The molecule has 9 heteroatoms. The predicted molar refractivity (Wildman–Crippen MR) is 139 cm³/mol. The number of nitrogens with zero attached hydrogens (tertiary/aromatic N) is 5. The smallest absolute Gasteiger partial charge is 0.277 e.